The zero-order valence-corrected chi connectivity index (χ0v) is 11.4. The number of rotatable bonds is 4. The van der Waals surface area contributed by atoms with Crippen molar-refractivity contribution in [2.45, 2.75) is 11.3 Å². The van der Waals surface area contributed by atoms with Crippen molar-refractivity contribution in [3.8, 4) is 0 Å². The number of aliphatic hydroxyl groups excluding tert-OH is 1. The van der Waals surface area contributed by atoms with Gasteiger partial charge in [-0.2, -0.15) is 4.31 Å². The third-order valence-corrected chi connectivity index (χ3v) is 5.20. The smallest absolute Gasteiger partial charge is 0.293 e. The molecule has 3 N–H and O–H groups in total. The Kier molecular flexibility index (Phi) is 3.93. The minimum absolute atomic E-state index is 0.0755. The van der Waals surface area contributed by atoms with Gasteiger partial charge in [-0.1, -0.05) is 0 Å². The van der Waals surface area contributed by atoms with Crippen LogP contribution in [0.2, 0.25) is 0 Å². The topological polar surface area (TPSA) is 127 Å². The predicted molar refractivity (Wildman–Crippen MR) is 71.5 cm³/mol. The maximum absolute atomic E-state index is 12.4. The molecule has 9 heteroatoms. The van der Waals surface area contributed by atoms with E-state index >= 15 is 0 Å². The fourth-order valence-corrected chi connectivity index (χ4v) is 3.71. The van der Waals surface area contributed by atoms with Gasteiger partial charge in [-0.15, -0.1) is 0 Å². The van der Waals surface area contributed by atoms with Crippen molar-refractivity contribution in [1.29, 1.82) is 0 Å². The molecule has 1 unspecified atom stereocenters. The van der Waals surface area contributed by atoms with Crippen LogP contribution < -0.4 is 5.73 Å². The number of benzene rings is 1. The van der Waals surface area contributed by atoms with Gasteiger partial charge in [0.1, 0.15) is 5.69 Å². The molecule has 0 aromatic heterocycles. The summed E-state index contributed by atoms with van der Waals surface area (Å²) >= 11 is 0. The van der Waals surface area contributed by atoms with Gasteiger partial charge in [0.05, 0.1) is 9.82 Å². The van der Waals surface area contributed by atoms with Gasteiger partial charge in [0.2, 0.25) is 10.0 Å². The maximum Gasteiger partial charge on any atom is 0.293 e. The molecule has 0 spiro atoms. The van der Waals surface area contributed by atoms with E-state index in [1.54, 1.807) is 0 Å². The van der Waals surface area contributed by atoms with Crippen molar-refractivity contribution in [3.05, 3.63) is 28.3 Å². The molecule has 1 aliphatic heterocycles. The number of hydrogen-bond donors (Lipinski definition) is 2. The molecule has 8 nitrogen and oxygen atoms in total. The SMILES string of the molecule is Nc1ccc(S(=O)(=O)N2CCC(CO)C2)cc1[N+](=O)[O-]. The minimum Gasteiger partial charge on any atom is -0.396 e. The van der Waals surface area contributed by atoms with Crippen molar-refractivity contribution in [1.82, 2.24) is 4.31 Å². The molecule has 0 radical (unpaired) electrons. The molecule has 1 atom stereocenters. The highest BCUT2D eigenvalue weighted by atomic mass is 32.2. The lowest BCUT2D eigenvalue weighted by Gasteiger charge is -2.16. The van der Waals surface area contributed by atoms with Gasteiger partial charge in [-0.05, 0) is 24.5 Å². The Balaban J connectivity index is 2.35. The van der Waals surface area contributed by atoms with Crippen LogP contribution in [0.15, 0.2) is 23.1 Å². The van der Waals surface area contributed by atoms with Gasteiger partial charge in [0.15, 0.2) is 0 Å². The molecule has 1 aromatic rings. The first-order chi connectivity index (χ1) is 9.36. The largest absolute Gasteiger partial charge is 0.396 e. The number of sulfonamides is 1. The van der Waals surface area contributed by atoms with E-state index in [-0.39, 0.29) is 29.7 Å². The highest BCUT2D eigenvalue weighted by Gasteiger charge is 2.33. The van der Waals surface area contributed by atoms with Crippen LogP contribution in [0.4, 0.5) is 11.4 Å². The van der Waals surface area contributed by atoms with E-state index in [1.165, 1.54) is 16.4 Å². The summed E-state index contributed by atoms with van der Waals surface area (Å²) in [6, 6.07) is 3.44. The van der Waals surface area contributed by atoms with E-state index in [0.29, 0.717) is 13.0 Å². The first-order valence-corrected chi connectivity index (χ1v) is 7.45. The van der Waals surface area contributed by atoms with Crippen LogP contribution in [-0.4, -0.2) is 42.4 Å². The van der Waals surface area contributed by atoms with E-state index < -0.39 is 20.6 Å². The van der Waals surface area contributed by atoms with Gasteiger partial charge >= 0.3 is 0 Å². The number of anilines is 1. The summed E-state index contributed by atoms with van der Waals surface area (Å²) in [6.07, 6.45) is 0.576. The summed E-state index contributed by atoms with van der Waals surface area (Å²) in [6.45, 7) is 0.441. The third-order valence-electron chi connectivity index (χ3n) is 3.34. The first kappa shape index (κ1) is 14.7. The zero-order valence-electron chi connectivity index (χ0n) is 10.6. The molecule has 110 valence electrons. The Bertz CT molecular complexity index is 631. The van der Waals surface area contributed by atoms with E-state index in [1.807, 2.05) is 0 Å². The molecule has 1 fully saturated rings. The first-order valence-electron chi connectivity index (χ1n) is 6.01. The normalized spacial score (nSPS) is 20.1. The van der Waals surface area contributed by atoms with Crippen molar-refractivity contribution in [2.75, 3.05) is 25.4 Å². The van der Waals surface area contributed by atoms with Gasteiger partial charge in [0.25, 0.3) is 5.69 Å². The number of aliphatic hydroxyl groups is 1. The van der Waals surface area contributed by atoms with Crippen LogP contribution in [-0.2, 0) is 10.0 Å². The average molecular weight is 301 g/mol. The molecule has 20 heavy (non-hydrogen) atoms. The van der Waals surface area contributed by atoms with E-state index in [9.17, 15) is 18.5 Å². The quantitative estimate of drug-likeness (QED) is 0.464. The Labute approximate surface area is 116 Å². The summed E-state index contributed by atoms with van der Waals surface area (Å²) in [5, 5.41) is 19.9. The molecule has 1 aromatic carbocycles. The zero-order chi connectivity index (χ0) is 14.9. The lowest BCUT2D eigenvalue weighted by atomic mass is 10.1. The Hall–Kier alpha value is -1.71. The molecule has 1 saturated heterocycles. The number of nitrogens with zero attached hydrogens (tertiary/aromatic N) is 2. The Morgan fingerprint density at radius 2 is 2.20 bits per heavy atom. The van der Waals surface area contributed by atoms with E-state index in [0.717, 1.165) is 6.07 Å². The van der Waals surface area contributed by atoms with Crippen LogP contribution in [0, 0.1) is 16.0 Å². The molecule has 0 amide bonds. The lowest BCUT2D eigenvalue weighted by Crippen LogP contribution is -2.29. The van der Waals surface area contributed by atoms with Gasteiger partial charge in [0, 0.05) is 25.8 Å². The minimum atomic E-state index is -3.79. The van der Waals surface area contributed by atoms with Crippen LogP contribution in [0.3, 0.4) is 0 Å². The summed E-state index contributed by atoms with van der Waals surface area (Å²) in [7, 11) is -3.79. The van der Waals surface area contributed by atoms with E-state index in [4.69, 9.17) is 10.8 Å². The molecule has 2 rings (SSSR count). The predicted octanol–water partition coefficient (Wildman–Crippen LogP) is 0.180. The van der Waals surface area contributed by atoms with Crippen molar-refractivity contribution in [2.24, 2.45) is 5.92 Å². The fourth-order valence-electron chi connectivity index (χ4n) is 2.16. The highest BCUT2D eigenvalue weighted by Crippen LogP contribution is 2.29. The second-order valence-electron chi connectivity index (χ2n) is 4.68. The average Bonchev–Trinajstić information content (AvgIpc) is 2.88. The molecule has 0 saturated carbocycles. The second kappa shape index (κ2) is 5.35. The van der Waals surface area contributed by atoms with Crippen LogP contribution >= 0.6 is 0 Å². The summed E-state index contributed by atoms with van der Waals surface area (Å²) in [5.41, 5.74) is 4.94. The highest BCUT2D eigenvalue weighted by molar-refractivity contribution is 7.89. The van der Waals surface area contributed by atoms with Crippen LogP contribution in [0.25, 0.3) is 0 Å². The second-order valence-corrected chi connectivity index (χ2v) is 6.62. The Morgan fingerprint density at radius 1 is 1.50 bits per heavy atom. The fraction of sp³-hybridized carbons (Fsp3) is 0.455. The van der Waals surface area contributed by atoms with Gasteiger partial charge in [-0.3, -0.25) is 10.1 Å². The monoisotopic (exact) mass is 301 g/mol. The summed E-state index contributed by atoms with van der Waals surface area (Å²) < 4.78 is 26.0. The van der Waals surface area contributed by atoms with Gasteiger partial charge in [-0.25, -0.2) is 8.42 Å². The molecule has 1 aliphatic rings. The van der Waals surface area contributed by atoms with Crippen molar-refractivity contribution >= 4 is 21.4 Å². The van der Waals surface area contributed by atoms with Gasteiger partial charge < -0.3 is 10.8 Å². The summed E-state index contributed by atoms with van der Waals surface area (Å²) in [4.78, 5) is 9.94. The van der Waals surface area contributed by atoms with Crippen molar-refractivity contribution < 1.29 is 18.4 Å². The standard InChI is InChI=1S/C11H15N3O5S/c12-10-2-1-9(5-11(10)14(16)17)20(18,19)13-4-3-8(6-13)7-15/h1-2,5,8,15H,3-4,6-7,12H2. The molecular formula is C11H15N3O5S. The van der Waals surface area contributed by atoms with Crippen LogP contribution in [0.1, 0.15) is 6.42 Å². The number of nitro benzene ring substituents is 1. The number of nitro groups is 1. The maximum atomic E-state index is 12.4. The van der Waals surface area contributed by atoms with Crippen molar-refractivity contribution in [3.63, 3.8) is 0 Å². The lowest BCUT2D eigenvalue weighted by molar-refractivity contribution is -0.384. The number of nitrogen functional groups attached to an aromatic ring is 1. The molecule has 0 bridgehead atoms. The number of nitrogens with two attached hydrogens (primary N) is 1. The third kappa shape index (κ3) is 2.60. The van der Waals surface area contributed by atoms with E-state index in [2.05, 4.69) is 0 Å². The Morgan fingerprint density at radius 3 is 2.75 bits per heavy atom. The number of hydrogen-bond acceptors (Lipinski definition) is 6. The molecular weight excluding hydrogens is 286 g/mol. The molecule has 1 heterocycles. The summed E-state index contributed by atoms with van der Waals surface area (Å²) in [5.74, 6) is -0.0893. The van der Waals surface area contributed by atoms with Crippen LogP contribution in [0.5, 0.6) is 0 Å². The molecule has 0 aliphatic carbocycles.